The van der Waals surface area contributed by atoms with Gasteiger partial charge in [0, 0.05) is 36.9 Å². The molecular weight excluding hydrogens is 368 g/mol. The number of pyridine rings is 2. The van der Waals surface area contributed by atoms with Crippen LogP contribution in [0.4, 0.5) is 0 Å². The first kappa shape index (κ1) is 22.5. The summed E-state index contributed by atoms with van der Waals surface area (Å²) in [6.07, 6.45) is 16.1. The molecule has 1 amide bonds. The number of carbonyl (C=O) groups excluding carboxylic acids is 1. The number of nitrogens with one attached hydrogen (secondary N) is 1. The molecular formula is C22H30N4O3. The normalized spacial score (nSPS) is 16.2. The molecule has 0 saturated heterocycles. The lowest BCUT2D eigenvalue weighted by Crippen LogP contribution is -2.32. The predicted molar refractivity (Wildman–Crippen MR) is 112 cm³/mol. The minimum Gasteiger partial charge on any atom is -0.478 e. The molecule has 0 aliphatic heterocycles. The Morgan fingerprint density at radius 2 is 1.41 bits per heavy atom. The summed E-state index contributed by atoms with van der Waals surface area (Å²) in [5.74, 6) is -0.937. The van der Waals surface area contributed by atoms with Gasteiger partial charge in [-0.3, -0.25) is 14.8 Å². The lowest BCUT2D eigenvalue weighted by Gasteiger charge is -2.11. The van der Waals surface area contributed by atoms with E-state index in [0.717, 1.165) is 12.8 Å². The second-order valence-corrected chi connectivity index (χ2v) is 7.29. The number of amides is 1. The summed E-state index contributed by atoms with van der Waals surface area (Å²) in [5.41, 5.74) is 6.41. The molecule has 0 spiro atoms. The van der Waals surface area contributed by atoms with E-state index in [0.29, 0.717) is 17.6 Å². The molecule has 0 unspecified atom stereocenters. The molecule has 2 heterocycles. The summed E-state index contributed by atoms with van der Waals surface area (Å²) in [6, 6.07) is 7.58. The second-order valence-electron chi connectivity index (χ2n) is 7.29. The molecule has 2 aromatic rings. The zero-order valence-electron chi connectivity index (χ0n) is 16.7. The summed E-state index contributed by atoms with van der Waals surface area (Å²) in [6.45, 7) is 0. The van der Waals surface area contributed by atoms with E-state index in [9.17, 15) is 9.59 Å². The number of nitrogens with two attached hydrogens (primary N) is 1. The number of nitrogens with zero attached hydrogens (tertiary/aromatic N) is 2. The maximum atomic E-state index is 11.6. The third kappa shape index (κ3) is 8.83. The Kier molecular flexibility index (Phi) is 9.78. The van der Waals surface area contributed by atoms with Crippen molar-refractivity contribution in [1.82, 2.24) is 15.3 Å². The van der Waals surface area contributed by atoms with Crippen LogP contribution in [0.3, 0.4) is 0 Å². The van der Waals surface area contributed by atoms with Crippen LogP contribution in [0.5, 0.6) is 0 Å². The van der Waals surface area contributed by atoms with E-state index >= 15 is 0 Å². The predicted octanol–water partition coefficient (Wildman–Crippen LogP) is 3.42. The molecule has 4 N–H and O–H groups in total. The van der Waals surface area contributed by atoms with Gasteiger partial charge in [0.25, 0.3) is 5.91 Å². The summed E-state index contributed by atoms with van der Waals surface area (Å²) >= 11 is 0. The standard InChI is InChI=1S/C11H14N2O.C6H5NO2.C5H11N/c14-11(9-4-3-7-12-8-9)13-10-5-1-2-6-10;8-6(9)5-2-1-3-7-4-5;6-5-3-1-2-4-5/h3-4,7-8,10H,1-2,5-6H2,(H,13,14);1-4H,(H,8,9);5H,1-4,6H2. The molecule has 7 nitrogen and oxygen atoms in total. The zero-order chi connectivity index (χ0) is 20.9. The van der Waals surface area contributed by atoms with Crippen LogP contribution in [-0.2, 0) is 0 Å². The van der Waals surface area contributed by atoms with E-state index < -0.39 is 5.97 Å². The van der Waals surface area contributed by atoms with Gasteiger partial charge >= 0.3 is 5.97 Å². The van der Waals surface area contributed by atoms with Gasteiger partial charge in [-0.15, -0.1) is 0 Å². The van der Waals surface area contributed by atoms with Crippen LogP contribution in [0.1, 0.15) is 72.1 Å². The first-order valence-electron chi connectivity index (χ1n) is 10.2. The van der Waals surface area contributed by atoms with Gasteiger partial charge in [-0.25, -0.2) is 4.79 Å². The Labute approximate surface area is 171 Å². The van der Waals surface area contributed by atoms with Gasteiger partial charge in [-0.05, 0) is 49.9 Å². The van der Waals surface area contributed by atoms with Crippen LogP contribution < -0.4 is 11.1 Å². The minimum atomic E-state index is -0.942. The molecule has 2 aliphatic carbocycles. The van der Waals surface area contributed by atoms with Crippen molar-refractivity contribution in [2.24, 2.45) is 5.73 Å². The Balaban J connectivity index is 0.000000171. The summed E-state index contributed by atoms with van der Waals surface area (Å²) in [7, 11) is 0. The van der Waals surface area contributed by atoms with E-state index in [1.807, 2.05) is 0 Å². The number of aromatic carboxylic acids is 1. The van der Waals surface area contributed by atoms with E-state index in [4.69, 9.17) is 10.8 Å². The lowest BCUT2D eigenvalue weighted by atomic mass is 10.2. The topological polar surface area (TPSA) is 118 Å². The van der Waals surface area contributed by atoms with Crippen LogP contribution in [-0.4, -0.2) is 39.0 Å². The highest BCUT2D eigenvalue weighted by molar-refractivity contribution is 5.94. The molecule has 2 aromatic heterocycles. The molecule has 156 valence electrons. The number of carbonyl (C=O) groups is 2. The molecule has 0 radical (unpaired) electrons. The maximum absolute atomic E-state index is 11.6. The first-order chi connectivity index (χ1) is 14.1. The van der Waals surface area contributed by atoms with E-state index in [1.54, 1.807) is 30.6 Å². The van der Waals surface area contributed by atoms with Gasteiger partial charge < -0.3 is 16.2 Å². The summed E-state index contributed by atoms with van der Waals surface area (Å²) in [4.78, 5) is 29.4. The fraction of sp³-hybridized carbons (Fsp3) is 0.455. The van der Waals surface area contributed by atoms with Crippen molar-refractivity contribution in [3.8, 4) is 0 Å². The third-order valence-corrected chi connectivity index (χ3v) is 4.92. The number of aromatic nitrogens is 2. The van der Waals surface area contributed by atoms with E-state index in [2.05, 4.69) is 15.3 Å². The smallest absolute Gasteiger partial charge is 0.337 e. The highest BCUT2D eigenvalue weighted by Crippen LogP contribution is 2.18. The number of hydrogen-bond donors (Lipinski definition) is 3. The van der Waals surface area contributed by atoms with E-state index in [1.165, 1.54) is 57.0 Å². The molecule has 0 aromatic carbocycles. The summed E-state index contributed by atoms with van der Waals surface area (Å²) < 4.78 is 0. The van der Waals surface area contributed by atoms with Crippen LogP contribution in [0.25, 0.3) is 0 Å². The van der Waals surface area contributed by atoms with Gasteiger partial charge in [-0.1, -0.05) is 25.7 Å². The Hall–Kier alpha value is -2.80. The fourth-order valence-corrected chi connectivity index (χ4v) is 3.28. The Morgan fingerprint density at radius 3 is 1.79 bits per heavy atom. The monoisotopic (exact) mass is 398 g/mol. The Morgan fingerprint density at radius 1 is 0.897 bits per heavy atom. The quantitative estimate of drug-likeness (QED) is 0.729. The van der Waals surface area contributed by atoms with Crippen molar-refractivity contribution >= 4 is 11.9 Å². The molecule has 2 saturated carbocycles. The van der Waals surface area contributed by atoms with Crippen LogP contribution in [0, 0.1) is 0 Å². The highest BCUT2D eigenvalue weighted by Gasteiger charge is 2.17. The number of rotatable bonds is 3. The van der Waals surface area contributed by atoms with Crippen LogP contribution >= 0.6 is 0 Å². The van der Waals surface area contributed by atoms with Crippen LogP contribution in [0.2, 0.25) is 0 Å². The molecule has 0 bridgehead atoms. The van der Waals surface area contributed by atoms with Gasteiger partial charge in [-0.2, -0.15) is 0 Å². The molecule has 0 atom stereocenters. The van der Waals surface area contributed by atoms with Crippen molar-refractivity contribution < 1.29 is 14.7 Å². The van der Waals surface area contributed by atoms with Crippen LogP contribution in [0.15, 0.2) is 49.1 Å². The fourth-order valence-electron chi connectivity index (χ4n) is 3.28. The minimum absolute atomic E-state index is 0.00463. The average molecular weight is 399 g/mol. The number of carboxylic acids is 1. The van der Waals surface area contributed by atoms with Gasteiger partial charge in [0.05, 0.1) is 11.1 Å². The van der Waals surface area contributed by atoms with Gasteiger partial charge in [0.1, 0.15) is 0 Å². The second kappa shape index (κ2) is 12.6. The average Bonchev–Trinajstić information content (AvgIpc) is 3.44. The number of carboxylic acid groups (broad SMARTS) is 1. The van der Waals surface area contributed by atoms with Crippen molar-refractivity contribution in [1.29, 1.82) is 0 Å². The lowest BCUT2D eigenvalue weighted by molar-refractivity contribution is 0.0696. The number of hydrogen-bond acceptors (Lipinski definition) is 5. The molecule has 2 aliphatic rings. The highest BCUT2D eigenvalue weighted by atomic mass is 16.4. The largest absolute Gasteiger partial charge is 0.478 e. The maximum Gasteiger partial charge on any atom is 0.337 e. The van der Waals surface area contributed by atoms with Crippen molar-refractivity contribution in [2.75, 3.05) is 0 Å². The summed E-state index contributed by atoms with van der Waals surface area (Å²) in [5, 5.41) is 11.4. The molecule has 4 rings (SSSR count). The zero-order valence-corrected chi connectivity index (χ0v) is 16.7. The van der Waals surface area contributed by atoms with Crippen molar-refractivity contribution in [3.63, 3.8) is 0 Å². The van der Waals surface area contributed by atoms with Gasteiger partial charge in [0.2, 0.25) is 0 Å². The Bertz CT molecular complexity index is 728. The molecule has 2 fully saturated rings. The van der Waals surface area contributed by atoms with Crippen molar-refractivity contribution in [2.45, 2.75) is 63.5 Å². The van der Waals surface area contributed by atoms with Gasteiger partial charge in [0.15, 0.2) is 0 Å². The molecule has 29 heavy (non-hydrogen) atoms. The first-order valence-corrected chi connectivity index (χ1v) is 10.2. The SMILES string of the molecule is NC1CCCC1.O=C(NC1CCCC1)c1cccnc1.O=C(O)c1cccnc1. The molecule has 7 heteroatoms. The third-order valence-electron chi connectivity index (χ3n) is 4.92. The van der Waals surface area contributed by atoms with Crippen molar-refractivity contribution in [3.05, 3.63) is 60.2 Å². The van der Waals surface area contributed by atoms with E-state index in [-0.39, 0.29) is 11.5 Å².